The number of sulfonamides is 1. The fraction of sp³-hybridized carbons (Fsp3) is 0.465. The van der Waals surface area contributed by atoms with Gasteiger partial charge in [0.05, 0.1) is 30.6 Å². The van der Waals surface area contributed by atoms with Gasteiger partial charge < -0.3 is 35.6 Å². The summed E-state index contributed by atoms with van der Waals surface area (Å²) in [6, 6.07) is 12.4. The molecular weight excluding hydrogens is 805 g/mol. The summed E-state index contributed by atoms with van der Waals surface area (Å²) >= 11 is 1.47. The van der Waals surface area contributed by atoms with E-state index in [1.54, 1.807) is 25.3 Å². The monoisotopic (exact) mass is 858 g/mol. The quantitative estimate of drug-likeness (QED) is 0.123. The van der Waals surface area contributed by atoms with Crippen molar-refractivity contribution in [3.63, 3.8) is 0 Å². The van der Waals surface area contributed by atoms with Gasteiger partial charge in [-0.05, 0) is 84.6 Å². The van der Waals surface area contributed by atoms with Crippen molar-refractivity contribution in [3.05, 3.63) is 66.1 Å². The van der Waals surface area contributed by atoms with Gasteiger partial charge >= 0.3 is 6.03 Å². The molecule has 1 aliphatic carbocycles. The fourth-order valence-electron chi connectivity index (χ4n) is 7.61. The molecule has 0 bridgehead atoms. The average molecular weight is 859 g/mol. The van der Waals surface area contributed by atoms with E-state index in [0.717, 1.165) is 30.8 Å². The maximum absolute atomic E-state index is 14.6. The number of thiazole rings is 1. The number of allylic oxidation sites excluding steroid dienone is 1. The minimum atomic E-state index is -4.34. The third kappa shape index (κ3) is 9.62. The number of hydrogen-bond donors (Lipinski definition) is 5. The summed E-state index contributed by atoms with van der Waals surface area (Å²) in [5, 5.41) is 15.8. The Morgan fingerprint density at radius 3 is 2.62 bits per heavy atom. The minimum absolute atomic E-state index is 0.0507. The van der Waals surface area contributed by atoms with Crippen molar-refractivity contribution >= 4 is 60.9 Å². The van der Waals surface area contributed by atoms with Crippen LogP contribution in [0.4, 0.5) is 15.6 Å². The summed E-state index contributed by atoms with van der Waals surface area (Å²) in [4.78, 5) is 53.7. The van der Waals surface area contributed by atoms with Crippen molar-refractivity contribution in [2.75, 3.05) is 30.8 Å². The van der Waals surface area contributed by atoms with Crippen molar-refractivity contribution < 1.29 is 32.3 Å². The summed E-state index contributed by atoms with van der Waals surface area (Å²) < 4.78 is 42.0. The topological polar surface area (TPSA) is 193 Å². The number of carbonyl (C=O) groups excluding carboxylic acids is 3. The van der Waals surface area contributed by atoms with Crippen molar-refractivity contribution in [3.8, 4) is 22.9 Å². The zero-order valence-electron chi connectivity index (χ0n) is 34.8. The smallest absolute Gasteiger partial charge is 0.318 e. The highest BCUT2D eigenvalue weighted by molar-refractivity contribution is 7.90. The van der Waals surface area contributed by atoms with E-state index in [0.29, 0.717) is 46.0 Å². The number of ether oxygens (including phenoxy) is 2. The lowest BCUT2D eigenvalue weighted by molar-refractivity contribution is -0.131. The Morgan fingerprint density at radius 2 is 1.85 bits per heavy atom. The second kappa shape index (κ2) is 17.3. The maximum atomic E-state index is 14.6. The summed E-state index contributed by atoms with van der Waals surface area (Å²) in [5.74, 6) is -0.794. The Balaban J connectivity index is 1.19. The molecule has 2 aliphatic heterocycles. The number of para-hydroxylation sites is 1. The van der Waals surface area contributed by atoms with E-state index in [-0.39, 0.29) is 30.3 Å². The molecule has 2 aromatic heterocycles. The highest BCUT2D eigenvalue weighted by Gasteiger charge is 2.61. The van der Waals surface area contributed by atoms with Crippen molar-refractivity contribution in [2.45, 2.75) is 107 Å². The van der Waals surface area contributed by atoms with E-state index in [9.17, 15) is 22.8 Å². The first-order chi connectivity index (χ1) is 28.5. The van der Waals surface area contributed by atoms with Crippen molar-refractivity contribution in [2.24, 2.45) is 5.92 Å². The molecular formula is C43H54N8O7S2. The number of rotatable bonds is 8. The van der Waals surface area contributed by atoms with Crippen LogP contribution in [0.3, 0.4) is 0 Å². The number of anilines is 2. The van der Waals surface area contributed by atoms with Crippen LogP contribution in [0.25, 0.3) is 22.3 Å². The standard InChI is InChI=1S/C43H54N8O7S2/c1-26(2)45-40-47-34(25-59-40)33-22-36(30-18-17-28(57-6)20-32(30)46-33)58-29-21-35(51(24-29)41(54)49-42(3,4)5)38(52)48-43-23-27(43)14-10-8-7-9-13-19-44-31-15-11-12-16-37(31)60(55,56)50-39(43)53/h10-12,14-18,20,22,25-27,29,35,44H,7-9,13,19,21,23-24H2,1-6H3,(H,45,47)(H,48,52)(H,49,54)(H,50,53)/b14-10-/t27-,29-,35+,43-/m1/s1. The van der Waals surface area contributed by atoms with E-state index in [4.69, 9.17) is 19.4 Å². The predicted molar refractivity (Wildman–Crippen MR) is 233 cm³/mol. The molecule has 4 heterocycles. The zero-order valence-corrected chi connectivity index (χ0v) is 36.5. The lowest BCUT2D eigenvalue weighted by atomic mass is 10.1. The van der Waals surface area contributed by atoms with Gasteiger partial charge in [-0.2, -0.15) is 0 Å². The SMILES string of the molecule is COc1ccc2c(O[C@@H]3C[C@@H](C(=O)N[C@]45C[C@H]4/C=C\CCCCCNc4ccccc4S(=O)(=O)NC5=O)N(C(=O)NC(C)(C)C)C3)cc(-c3csc(NC(C)C)n3)nc2c1. The Hall–Kier alpha value is -5.42. The molecule has 0 radical (unpaired) electrons. The van der Waals surface area contributed by atoms with Crippen LogP contribution in [0.2, 0.25) is 0 Å². The Labute approximate surface area is 355 Å². The summed E-state index contributed by atoms with van der Waals surface area (Å²) in [5.41, 5.74) is 0.0423. The highest BCUT2D eigenvalue weighted by atomic mass is 32.2. The van der Waals surface area contributed by atoms with Crippen LogP contribution in [0, 0.1) is 5.92 Å². The molecule has 1 saturated heterocycles. The fourth-order valence-corrected chi connectivity index (χ4v) is 9.69. The molecule has 0 spiro atoms. The molecule has 1 saturated carbocycles. The first kappa shape index (κ1) is 42.7. The number of likely N-dealkylation sites (tertiary alicyclic amines) is 1. The van der Waals surface area contributed by atoms with Crippen LogP contribution in [0.15, 0.2) is 71.0 Å². The number of urea groups is 1. The van der Waals surface area contributed by atoms with E-state index < -0.39 is 57.0 Å². The molecule has 60 heavy (non-hydrogen) atoms. The maximum Gasteiger partial charge on any atom is 0.318 e. The number of fused-ring (bicyclic) bond motifs is 3. The van der Waals surface area contributed by atoms with Crippen LogP contribution in [-0.2, 0) is 19.6 Å². The van der Waals surface area contributed by atoms with Gasteiger partial charge in [-0.15, -0.1) is 11.3 Å². The lowest BCUT2D eigenvalue weighted by Gasteiger charge is -2.30. The Bertz CT molecular complexity index is 2400. The predicted octanol–water partition coefficient (Wildman–Crippen LogP) is 6.44. The van der Waals surface area contributed by atoms with Crippen LogP contribution >= 0.6 is 11.3 Å². The summed E-state index contributed by atoms with van der Waals surface area (Å²) in [6.45, 7) is 10.2. The molecule has 2 aromatic carbocycles. The molecule has 4 atom stereocenters. The number of nitrogens with one attached hydrogen (secondary N) is 5. The van der Waals surface area contributed by atoms with Gasteiger partial charge in [0.2, 0.25) is 5.91 Å². The van der Waals surface area contributed by atoms with Gasteiger partial charge in [0, 0.05) is 53.4 Å². The second-order valence-electron chi connectivity index (χ2n) is 17.0. The van der Waals surface area contributed by atoms with E-state index in [1.165, 1.54) is 22.3 Å². The molecule has 4 amide bonds. The number of aromatic nitrogens is 2. The van der Waals surface area contributed by atoms with Crippen LogP contribution in [-0.4, -0.2) is 90.6 Å². The third-order valence-electron chi connectivity index (χ3n) is 10.7. The molecule has 320 valence electrons. The minimum Gasteiger partial charge on any atom is -0.497 e. The number of nitrogens with zero attached hydrogens (tertiary/aromatic N) is 3. The normalized spacial score (nSPS) is 23.5. The molecule has 7 rings (SSSR count). The molecule has 3 aliphatic rings. The van der Waals surface area contributed by atoms with Gasteiger partial charge in [0.1, 0.15) is 39.8 Å². The number of amides is 4. The van der Waals surface area contributed by atoms with Gasteiger partial charge in [-0.25, -0.2) is 27.9 Å². The molecule has 15 nitrogen and oxygen atoms in total. The van der Waals surface area contributed by atoms with E-state index >= 15 is 0 Å². The highest BCUT2D eigenvalue weighted by Crippen LogP contribution is 2.46. The number of carbonyl (C=O) groups is 3. The number of hydrogen-bond acceptors (Lipinski definition) is 12. The Kier molecular flexibility index (Phi) is 12.3. The molecule has 4 aromatic rings. The molecule has 0 unspecified atom stereocenters. The lowest BCUT2D eigenvalue weighted by Crippen LogP contribution is -2.58. The van der Waals surface area contributed by atoms with Crippen LogP contribution in [0.1, 0.15) is 73.1 Å². The first-order valence-electron chi connectivity index (χ1n) is 20.4. The molecule has 17 heteroatoms. The van der Waals surface area contributed by atoms with Crippen LogP contribution in [0.5, 0.6) is 11.5 Å². The summed E-state index contributed by atoms with van der Waals surface area (Å²) in [7, 11) is -2.76. The first-order valence-corrected chi connectivity index (χ1v) is 22.8. The van der Waals surface area contributed by atoms with E-state index in [1.807, 2.05) is 76.4 Å². The van der Waals surface area contributed by atoms with Gasteiger partial charge in [0.15, 0.2) is 5.13 Å². The summed E-state index contributed by atoms with van der Waals surface area (Å²) in [6.07, 6.45) is 6.97. The van der Waals surface area contributed by atoms with Gasteiger partial charge in [-0.1, -0.05) is 30.7 Å². The van der Waals surface area contributed by atoms with Gasteiger partial charge in [0.25, 0.3) is 15.9 Å². The number of pyridine rings is 1. The van der Waals surface area contributed by atoms with E-state index in [2.05, 4.69) is 26.0 Å². The molecule has 5 N–H and O–H groups in total. The second-order valence-corrected chi connectivity index (χ2v) is 19.5. The van der Waals surface area contributed by atoms with Gasteiger partial charge in [-0.3, -0.25) is 9.59 Å². The third-order valence-corrected chi connectivity index (χ3v) is 12.8. The van der Waals surface area contributed by atoms with Crippen molar-refractivity contribution in [1.29, 1.82) is 0 Å². The Morgan fingerprint density at radius 1 is 1.05 bits per heavy atom. The number of methoxy groups -OCH3 is 1. The van der Waals surface area contributed by atoms with Crippen LogP contribution < -0.4 is 35.5 Å². The largest absolute Gasteiger partial charge is 0.497 e. The zero-order chi connectivity index (χ0) is 42.8. The average Bonchev–Trinajstić information content (AvgIpc) is 3.45. The van der Waals surface area contributed by atoms with Crippen molar-refractivity contribution in [1.82, 2.24) is 30.2 Å². The molecule has 2 fully saturated rings. The number of benzene rings is 2.